The summed E-state index contributed by atoms with van der Waals surface area (Å²) in [5.41, 5.74) is 9.70. The molecule has 1 aromatic heterocycles. The van der Waals surface area contributed by atoms with Crippen molar-refractivity contribution in [2.75, 3.05) is 30.1 Å². The van der Waals surface area contributed by atoms with Crippen LogP contribution in [-0.2, 0) is 33.5 Å². The van der Waals surface area contributed by atoms with Crippen LogP contribution in [0.3, 0.4) is 0 Å². The monoisotopic (exact) mass is 819 g/mol. The quantitative estimate of drug-likeness (QED) is 0.0541. The van der Waals surface area contributed by atoms with Gasteiger partial charge in [-0.2, -0.15) is 11.8 Å². The fourth-order valence-electron chi connectivity index (χ4n) is 6.41. The molecule has 290 valence electrons. The van der Waals surface area contributed by atoms with E-state index in [1.165, 1.54) is 33.8 Å². The van der Waals surface area contributed by atoms with Crippen molar-refractivity contribution in [3.8, 4) is 0 Å². The standard InChI is InChI=1S/C42H37N5O7S3/c1-55-23-30-24-56-40-34(39(50)47(40)35(30)41(51)54-37(28-18-10-4-11-19-28)29-20-12-5-13-21-29)45-38(49)33(31-25-57-42(43)44-31)46-52-22-32(48)53-36(26-14-6-2-7-15-26)27-16-8-3-9-17-27/h2-21,25,34,36-37,40H,22-24H2,1H3,(H2,43,44)(H,45,49)/b46-33+. The minimum absolute atomic E-state index is 0.0917. The molecule has 0 spiro atoms. The minimum atomic E-state index is -1.01. The largest absolute Gasteiger partial charge is 0.450 e. The van der Waals surface area contributed by atoms with Gasteiger partial charge in [-0.3, -0.25) is 14.5 Å². The molecule has 5 aromatic rings. The van der Waals surface area contributed by atoms with Gasteiger partial charge in [0.25, 0.3) is 11.8 Å². The van der Waals surface area contributed by atoms with Crippen molar-refractivity contribution in [3.63, 3.8) is 0 Å². The molecule has 1 saturated heterocycles. The number of aromatic nitrogens is 1. The number of anilines is 1. The lowest BCUT2D eigenvalue weighted by molar-refractivity contribution is -0.154. The summed E-state index contributed by atoms with van der Waals surface area (Å²) in [6.07, 6.45) is 0.500. The maximum absolute atomic E-state index is 14.1. The number of benzene rings is 4. The Balaban J connectivity index is 1.06. The molecular weight excluding hydrogens is 783 g/mol. The predicted molar refractivity (Wildman–Crippen MR) is 221 cm³/mol. The number of hydrogen-bond donors (Lipinski definition) is 2. The summed E-state index contributed by atoms with van der Waals surface area (Å²) in [5.74, 6) is -1.69. The lowest BCUT2D eigenvalue weighted by Gasteiger charge is -2.49. The van der Waals surface area contributed by atoms with Crippen molar-refractivity contribution in [3.05, 3.63) is 166 Å². The Morgan fingerprint density at radius 3 is 1.88 bits per heavy atom. The van der Waals surface area contributed by atoms with Crippen molar-refractivity contribution in [1.82, 2.24) is 15.2 Å². The topological polar surface area (TPSA) is 163 Å². The molecule has 1 fully saturated rings. The second-order valence-electron chi connectivity index (χ2n) is 12.8. The maximum atomic E-state index is 14.1. The maximum Gasteiger partial charge on any atom is 0.356 e. The van der Waals surface area contributed by atoms with Gasteiger partial charge in [0.15, 0.2) is 23.1 Å². The first kappa shape index (κ1) is 39.3. The number of oxime groups is 1. The van der Waals surface area contributed by atoms with Crippen molar-refractivity contribution < 1.29 is 33.5 Å². The van der Waals surface area contributed by atoms with E-state index < -0.39 is 54.0 Å². The molecule has 0 saturated carbocycles. The van der Waals surface area contributed by atoms with Crippen molar-refractivity contribution in [2.24, 2.45) is 5.16 Å². The van der Waals surface area contributed by atoms with E-state index in [-0.39, 0.29) is 22.2 Å². The van der Waals surface area contributed by atoms with Gasteiger partial charge in [0.1, 0.15) is 22.8 Å². The number of esters is 2. The number of β-lactam (4-membered cyclic amide) rings is 1. The average molecular weight is 820 g/mol. The highest BCUT2D eigenvalue weighted by Gasteiger charge is 2.55. The molecule has 3 N–H and O–H groups in total. The van der Waals surface area contributed by atoms with Crippen LogP contribution in [0.5, 0.6) is 0 Å². The molecule has 57 heavy (non-hydrogen) atoms. The number of fused-ring (bicyclic) bond motifs is 1. The number of nitrogens with two attached hydrogens (primary N) is 1. The summed E-state index contributed by atoms with van der Waals surface area (Å²) in [5, 5.41) is 7.82. The third-order valence-corrected chi connectivity index (χ3v) is 11.7. The number of carbonyl (C=O) groups excluding carboxylic acids is 4. The SMILES string of the molecule is CSCC1=C(C(=O)OC(c2ccccc2)c2ccccc2)N2C(=O)C(NC(=O)/C(=N/OCC(=O)OC(c3ccccc3)c3ccccc3)c3csc(N)n3)C2SC1. The van der Waals surface area contributed by atoms with E-state index in [0.29, 0.717) is 11.5 Å². The number of nitrogen functional groups attached to an aromatic ring is 1. The molecule has 2 amide bonds. The zero-order valence-electron chi connectivity index (χ0n) is 30.6. The van der Waals surface area contributed by atoms with Gasteiger partial charge in [0.2, 0.25) is 6.61 Å². The molecule has 0 radical (unpaired) electrons. The Kier molecular flexibility index (Phi) is 12.7. The van der Waals surface area contributed by atoms with E-state index in [1.807, 2.05) is 128 Å². The normalized spacial score (nSPS) is 16.5. The van der Waals surface area contributed by atoms with E-state index in [0.717, 1.165) is 39.2 Å². The molecular formula is C42H37N5O7S3. The number of hydrogen-bond acceptors (Lipinski definition) is 13. The van der Waals surface area contributed by atoms with Crippen LogP contribution in [0.25, 0.3) is 0 Å². The number of rotatable bonds is 15. The zero-order valence-corrected chi connectivity index (χ0v) is 33.0. The number of thioether (sulfide) groups is 2. The van der Waals surface area contributed by atoms with Gasteiger partial charge in [-0.05, 0) is 34.1 Å². The third-order valence-electron chi connectivity index (χ3n) is 9.05. The van der Waals surface area contributed by atoms with Crippen LogP contribution in [0, 0.1) is 0 Å². The molecule has 2 unspecified atom stereocenters. The van der Waals surface area contributed by atoms with Crippen molar-refractivity contribution in [2.45, 2.75) is 23.6 Å². The highest BCUT2D eigenvalue weighted by molar-refractivity contribution is 8.00. The van der Waals surface area contributed by atoms with Gasteiger partial charge in [-0.25, -0.2) is 14.6 Å². The van der Waals surface area contributed by atoms with Crippen LogP contribution < -0.4 is 11.1 Å². The van der Waals surface area contributed by atoms with Gasteiger partial charge in [0, 0.05) is 16.9 Å². The highest BCUT2D eigenvalue weighted by Crippen LogP contribution is 2.42. The summed E-state index contributed by atoms with van der Waals surface area (Å²) in [4.78, 5) is 65.9. The fraction of sp³-hybridized carbons (Fsp3) is 0.190. The van der Waals surface area contributed by atoms with Gasteiger partial charge < -0.3 is 25.4 Å². The van der Waals surface area contributed by atoms with Crippen molar-refractivity contribution in [1.29, 1.82) is 0 Å². The summed E-state index contributed by atoms with van der Waals surface area (Å²) >= 11 is 4.04. The molecule has 12 nitrogen and oxygen atoms in total. The first-order valence-electron chi connectivity index (χ1n) is 17.8. The van der Waals surface area contributed by atoms with Crippen LogP contribution in [0.15, 0.2) is 143 Å². The van der Waals surface area contributed by atoms with E-state index in [1.54, 1.807) is 0 Å². The Bertz CT molecular complexity index is 2200. The summed E-state index contributed by atoms with van der Waals surface area (Å²) in [6, 6.07) is 36.3. The van der Waals surface area contributed by atoms with E-state index in [2.05, 4.69) is 15.5 Å². The number of thiazole rings is 1. The van der Waals surface area contributed by atoms with Gasteiger partial charge in [-0.15, -0.1) is 23.1 Å². The molecule has 7 rings (SSSR count). The Hall–Kier alpha value is -5.90. The number of nitrogens with zero attached hydrogens (tertiary/aromatic N) is 3. The molecule has 2 aliphatic heterocycles. The summed E-state index contributed by atoms with van der Waals surface area (Å²) < 4.78 is 12.0. The van der Waals surface area contributed by atoms with Crippen LogP contribution in [0.4, 0.5) is 5.13 Å². The zero-order chi connectivity index (χ0) is 39.7. The average Bonchev–Trinajstić information content (AvgIpc) is 3.68. The molecule has 3 heterocycles. The Morgan fingerprint density at radius 2 is 1.39 bits per heavy atom. The molecule has 2 atom stereocenters. The molecule has 15 heteroatoms. The highest BCUT2D eigenvalue weighted by atomic mass is 32.2. The first-order valence-corrected chi connectivity index (χ1v) is 21.1. The minimum Gasteiger partial charge on any atom is -0.450 e. The second kappa shape index (κ2) is 18.4. The molecule has 4 aromatic carbocycles. The van der Waals surface area contributed by atoms with Crippen LogP contribution in [0.2, 0.25) is 0 Å². The summed E-state index contributed by atoms with van der Waals surface area (Å²) in [7, 11) is 0. The number of carbonyl (C=O) groups is 4. The van der Waals surface area contributed by atoms with Crippen LogP contribution in [0.1, 0.15) is 40.2 Å². The Labute approximate surface area is 341 Å². The lowest BCUT2D eigenvalue weighted by Crippen LogP contribution is -2.71. The smallest absolute Gasteiger partial charge is 0.356 e. The second-order valence-corrected chi connectivity index (χ2v) is 15.7. The third kappa shape index (κ3) is 9.06. The van der Waals surface area contributed by atoms with Gasteiger partial charge in [-0.1, -0.05) is 126 Å². The predicted octanol–water partition coefficient (Wildman–Crippen LogP) is 6.13. The van der Waals surface area contributed by atoms with Gasteiger partial charge in [0.05, 0.1) is 0 Å². The van der Waals surface area contributed by atoms with Crippen molar-refractivity contribution >= 4 is 69.5 Å². The first-order chi connectivity index (χ1) is 27.8. The molecule has 0 aliphatic carbocycles. The number of ether oxygens (including phenoxy) is 2. The number of amides is 2. The number of nitrogens with one attached hydrogen (secondary N) is 1. The van der Waals surface area contributed by atoms with Gasteiger partial charge >= 0.3 is 11.9 Å². The van der Waals surface area contributed by atoms with E-state index >= 15 is 0 Å². The van der Waals surface area contributed by atoms with Crippen LogP contribution >= 0.6 is 34.9 Å². The van der Waals surface area contributed by atoms with E-state index in [4.69, 9.17) is 20.0 Å². The Morgan fingerprint density at radius 1 is 0.860 bits per heavy atom. The fourth-order valence-corrected chi connectivity index (χ4v) is 9.02. The van der Waals surface area contributed by atoms with Crippen LogP contribution in [-0.4, -0.2) is 75.1 Å². The molecule has 2 aliphatic rings. The summed E-state index contributed by atoms with van der Waals surface area (Å²) in [6.45, 7) is -0.622. The molecule has 0 bridgehead atoms. The lowest BCUT2D eigenvalue weighted by atomic mass is 10.0. The van der Waals surface area contributed by atoms with E-state index in [9.17, 15) is 19.2 Å².